The molecule has 0 aliphatic rings. The number of hydrogen-bond donors (Lipinski definition) is 1. The second-order valence-corrected chi connectivity index (χ2v) is 6.57. The van der Waals surface area contributed by atoms with E-state index in [9.17, 15) is 4.79 Å². The highest BCUT2D eigenvalue weighted by Crippen LogP contribution is 2.29. The number of carbonyl (C=O) groups excluding carboxylic acids is 1. The number of alkyl halides is 1. The van der Waals surface area contributed by atoms with Gasteiger partial charge >= 0.3 is 0 Å². The van der Waals surface area contributed by atoms with E-state index in [-0.39, 0.29) is 5.91 Å². The van der Waals surface area contributed by atoms with Crippen LogP contribution < -0.4 is 5.32 Å². The molecule has 2 aromatic carbocycles. The van der Waals surface area contributed by atoms with E-state index in [4.69, 9.17) is 16.0 Å². The summed E-state index contributed by atoms with van der Waals surface area (Å²) < 4.78 is 5.76. The van der Waals surface area contributed by atoms with Crippen molar-refractivity contribution < 1.29 is 9.21 Å². The summed E-state index contributed by atoms with van der Waals surface area (Å²) >= 11 is 6.32. The summed E-state index contributed by atoms with van der Waals surface area (Å²) in [5.41, 5.74) is 4.23. The number of aryl methyl sites for hydroxylation is 1. The lowest BCUT2D eigenvalue weighted by Gasteiger charge is -2.13. The molecule has 1 N–H and O–H groups in total. The van der Waals surface area contributed by atoms with Gasteiger partial charge in [-0.2, -0.15) is 4.98 Å². The molecule has 1 unspecified atom stereocenters. The summed E-state index contributed by atoms with van der Waals surface area (Å²) in [5.74, 6) is 0.159. The van der Waals surface area contributed by atoms with Crippen molar-refractivity contribution in [2.75, 3.05) is 5.32 Å². The number of halogens is 1. The molecule has 0 fully saturated rings. The van der Waals surface area contributed by atoms with Crippen molar-refractivity contribution >= 4 is 34.4 Å². The van der Waals surface area contributed by atoms with Crippen LogP contribution in [0.25, 0.3) is 22.7 Å². The van der Waals surface area contributed by atoms with Crippen molar-refractivity contribution in [2.45, 2.75) is 12.3 Å². The molecule has 0 saturated carbocycles. The molecule has 0 aliphatic carbocycles. The Labute approximate surface area is 161 Å². The normalized spacial score (nSPS) is 12.1. The molecule has 1 atom stereocenters. The predicted molar refractivity (Wildman–Crippen MR) is 106 cm³/mol. The van der Waals surface area contributed by atoms with Crippen molar-refractivity contribution in [2.24, 2.45) is 0 Å². The smallest absolute Gasteiger partial charge is 0.246 e. The Morgan fingerprint density at radius 2 is 1.93 bits per heavy atom. The number of rotatable bonds is 4. The van der Waals surface area contributed by atoms with Gasteiger partial charge in [0.2, 0.25) is 11.8 Å². The van der Waals surface area contributed by atoms with Crippen molar-refractivity contribution in [1.82, 2.24) is 9.97 Å². The summed E-state index contributed by atoms with van der Waals surface area (Å²) in [6, 6.07) is 18.5. The molecule has 0 aliphatic heterocycles. The minimum Gasteiger partial charge on any atom is -0.434 e. The lowest BCUT2D eigenvalue weighted by molar-refractivity contribution is -0.116. The van der Waals surface area contributed by atoms with Gasteiger partial charge in [0.25, 0.3) is 0 Å². The molecule has 1 amide bonds. The first-order valence-electron chi connectivity index (χ1n) is 8.44. The van der Waals surface area contributed by atoms with Crippen LogP contribution in [0.15, 0.2) is 71.3 Å². The molecule has 0 radical (unpaired) electrons. The van der Waals surface area contributed by atoms with E-state index in [2.05, 4.69) is 15.3 Å². The van der Waals surface area contributed by atoms with Gasteiger partial charge in [0, 0.05) is 17.4 Å². The standard InChI is InChI=1S/C21H16ClN3O2/c1-13-9-10-15(21-25-19-17(27-21)8-5-11-23-19)12-16(13)24-20(26)18(22)14-6-3-2-4-7-14/h2-12,18H,1H3,(H,24,26). The van der Waals surface area contributed by atoms with Crippen LogP contribution in [0.5, 0.6) is 0 Å². The molecule has 0 spiro atoms. The lowest BCUT2D eigenvalue weighted by atomic mass is 10.1. The number of aromatic nitrogens is 2. The number of fused-ring (bicyclic) bond motifs is 1. The van der Waals surface area contributed by atoms with Crippen LogP contribution in [0, 0.1) is 6.92 Å². The first kappa shape index (κ1) is 17.2. The van der Waals surface area contributed by atoms with E-state index in [1.165, 1.54) is 0 Å². The Kier molecular flexibility index (Phi) is 4.60. The third-order valence-electron chi connectivity index (χ3n) is 4.23. The van der Waals surface area contributed by atoms with E-state index in [1.807, 2.05) is 61.5 Å². The van der Waals surface area contributed by atoms with Gasteiger partial charge in [-0.1, -0.05) is 36.4 Å². The fourth-order valence-electron chi connectivity index (χ4n) is 2.75. The highest BCUT2D eigenvalue weighted by Gasteiger charge is 2.19. The predicted octanol–water partition coefficient (Wildman–Crippen LogP) is 5.12. The van der Waals surface area contributed by atoms with E-state index in [0.717, 1.165) is 16.7 Å². The number of benzene rings is 2. The Hall–Kier alpha value is -3.18. The minimum absolute atomic E-state index is 0.289. The second-order valence-electron chi connectivity index (χ2n) is 6.14. The number of anilines is 1. The highest BCUT2D eigenvalue weighted by molar-refractivity contribution is 6.32. The topological polar surface area (TPSA) is 68.0 Å². The molecule has 0 bridgehead atoms. The van der Waals surface area contributed by atoms with Gasteiger partial charge in [-0.25, -0.2) is 4.98 Å². The van der Waals surface area contributed by atoms with Gasteiger partial charge in [-0.3, -0.25) is 4.79 Å². The zero-order chi connectivity index (χ0) is 18.8. The van der Waals surface area contributed by atoms with Crippen LogP contribution in [-0.4, -0.2) is 15.9 Å². The van der Waals surface area contributed by atoms with E-state index < -0.39 is 5.38 Å². The quantitative estimate of drug-likeness (QED) is 0.501. The summed E-state index contributed by atoms with van der Waals surface area (Å²) in [5, 5.41) is 2.12. The van der Waals surface area contributed by atoms with Crippen LogP contribution in [0.3, 0.4) is 0 Å². The molecule has 2 aromatic heterocycles. The molecular weight excluding hydrogens is 362 g/mol. The third-order valence-corrected chi connectivity index (χ3v) is 4.68. The third kappa shape index (κ3) is 3.55. The molecule has 134 valence electrons. The van der Waals surface area contributed by atoms with E-state index in [0.29, 0.717) is 22.8 Å². The van der Waals surface area contributed by atoms with Gasteiger partial charge < -0.3 is 9.73 Å². The largest absolute Gasteiger partial charge is 0.434 e. The SMILES string of the molecule is Cc1ccc(-c2nc3ncccc3o2)cc1NC(=O)C(Cl)c1ccccc1. The summed E-state index contributed by atoms with van der Waals surface area (Å²) in [6.45, 7) is 1.92. The molecular formula is C21H16ClN3O2. The fraction of sp³-hybridized carbons (Fsp3) is 0.0952. The highest BCUT2D eigenvalue weighted by atomic mass is 35.5. The Balaban J connectivity index is 1.61. The minimum atomic E-state index is -0.775. The van der Waals surface area contributed by atoms with Crippen LogP contribution in [0.2, 0.25) is 0 Å². The summed E-state index contributed by atoms with van der Waals surface area (Å²) in [4.78, 5) is 21.1. The molecule has 5 nitrogen and oxygen atoms in total. The molecule has 4 aromatic rings. The number of carbonyl (C=O) groups is 1. The number of nitrogens with zero attached hydrogens (tertiary/aromatic N) is 2. The molecule has 27 heavy (non-hydrogen) atoms. The summed E-state index contributed by atoms with van der Waals surface area (Å²) in [6.07, 6.45) is 1.67. The number of amides is 1. The van der Waals surface area contributed by atoms with Crippen LogP contribution in [-0.2, 0) is 4.79 Å². The zero-order valence-corrected chi connectivity index (χ0v) is 15.3. The maximum Gasteiger partial charge on any atom is 0.246 e. The van der Waals surface area contributed by atoms with E-state index in [1.54, 1.807) is 12.3 Å². The number of nitrogens with one attached hydrogen (secondary N) is 1. The maximum absolute atomic E-state index is 12.6. The van der Waals surface area contributed by atoms with Crippen molar-refractivity contribution in [1.29, 1.82) is 0 Å². The Bertz CT molecular complexity index is 1080. The molecule has 2 heterocycles. The van der Waals surface area contributed by atoms with Crippen molar-refractivity contribution in [3.63, 3.8) is 0 Å². The van der Waals surface area contributed by atoms with Crippen LogP contribution in [0.1, 0.15) is 16.5 Å². The molecule has 6 heteroatoms. The van der Waals surface area contributed by atoms with Crippen molar-refractivity contribution in [3.05, 3.63) is 78.0 Å². The van der Waals surface area contributed by atoms with E-state index >= 15 is 0 Å². The summed E-state index contributed by atoms with van der Waals surface area (Å²) in [7, 11) is 0. The van der Waals surface area contributed by atoms with Gasteiger partial charge in [0.05, 0.1) is 0 Å². The zero-order valence-electron chi connectivity index (χ0n) is 14.5. The first-order chi connectivity index (χ1) is 13.1. The second kappa shape index (κ2) is 7.21. The monoisotopic (exact) mass is 377 g/mol. The fourth-order valence-corrected chi connectivity index (χ4v) is 2.95. The number of pyridine rings is 1. The van der Waals surface area contributed by atoms with Crippen LogP contribution in [0.4, 0.5) is 5.69 Å². The average Bonchev–Trinajstić information content (AvgIpc) is 3.14. The number of hydrogen-bond acceptors (Lipinski definition) is 4. The van der Waals surface area contributed by atoms with Gasteiger partial charge in [0.15, 0.2) is 11.2 Å². The Morgan fingerprint density at radius 1 is 1.11 bits per heavy atom. The molecule has 4 rings (SSSR count). The first-order valence-corrected chi connectivity index (χ1v) is 8.88. The van der Waals surface area contributed by atoms with Gasteiger partial charge in [-0.05, 0) is 42.3 Å². The maximum atomic E-state index is 12.6. The van der Waals surface area contributed by atoms with Crippen molar-refractivity contribution in [3.8, 4) is 11.5 Å². The Morgan fingerprint density at radius 3 is 2.70 bits per heavy atom. The lowest BCUT2D eigenvalue weighted by Crippen LogP contribution is -2.18. The average molecular weight is 378 g/mol. The van der Waals surface area contributed by atoms with Gasteiger partial charge in [-0.15, -0.1) is 11.6 Å². The van der Waals surface area contributed by atoms with Crippen LogP contribution >= 0.6 is 11.6 Å². The molecule has 0 saturated heterocycles. The van der Waals surface area contributed by atoms with Gasteiger partial charge in [0.1, 0.15) is 5.38 Å². The number of oxazole rings is 1.